The van der Waals surface area contributed by atoms with E-state index in [0.717, 1.165) is 13.0 Å². The van der Waals surface area contributed by atoms with E-state index in [1.165, 1.54) is 45.0 Å². The van der Waals surface area contributed by atoms with Gasteiger partial charge in [-0.25, -0.2) is 0 Å². The minimum atomic E-state index is -0.540. The van der Waals surface area contributed by atoms with Crippen LogP contribution in [0.25, 0.3) is 0 Å². The van der Waals surface area contributed by atoms with Crippen molar-refractivity contribution in [3.8, 4) is 0 Å². The topological polar surface area (TPSA) is 53.8 Å². The van der Waals surface area contributed by atoms with E-state index in [4.69, 9.17) is 4.42 Å². The Labute approximate surface area is 148 Å². The highest BCUT2D eigenvalue weighted by atomic mass is 16.3. The molecular weight excluding hydrogens is 316 g/mol. The first kappa shape index (κ1) is 15.6. The molecule has 0 aromatic carbocycles. The van der Waals surface area contributed by atoms with Gasteiger partial charge in [0.2, 0.25) is 11.7 Å². The zero-order chi connectivity index (χ0) is 17.0. The zero-order valence-corrected chi connectivity index (χ0v) is 14.6. The molecule has 1 aromatic rings. The second kappa shape index (κ2) is 5.97. The molecule has 1 amide bonds. The second-order valence-corrected chi connectivity index (χ2v) is 8.26. The van der Waals surface area contributed by atoms with Crippen molar-refractivity contribution >= 4 is 11.7 Å². The highest BCUT2D eigenvalue weighted by Crippen LogP contribution is 2.45. The summed E-state index contributed by atoms with van der Waals surface area (Å²) in [4.78, 5) is 30.7. The van der Waals surface area contributed by atoms with E-state index in [0.29, 0.717) is 36.1 Å². The zero-order valence-electron chi connectivity index (χ0n) is 14.6. The predicted octanol–water partition coefficient (Wildman–Crippen LogP) is 2.57. The fraction of sp³-hybridized carbons (Fsp3) is 0.700. The van der Waals surface area contributed by atoms with E-state index in [9.17, 15) is 9.59 Å². The first-order chi connectivity index (χ1) is 12.2. The molecule has 4 aliphatic rings. The molecule has 1 unspecified atom stereocenters. The maximum atomic E-state index is 13.2. The predicted molar refractivity (Wildman–Crippen MR) is 92.1 cm³/mol. The SMILES string of the molecule is O=C(c1ccco1)C1CC[C@@H]2[C@H]3CCCN4CCC[C@@H](CN2C1=O)[C@@H]34. The summed E-state index contributed by atoms with van der Waals surface area (Å²) in [6, 6.07) is 4.41. The van der Waals surface area contributed by atoms with E-state index in [-0.39, 0.29) is 11.7 Å². The van der Waals surface area contributed by atoms with Crippen molar-refractivity contribution < 1.29 is 14.0 Å². The number of hydrogen-bond acceptors (Lipinski definition) is 4. The molecule has 0 radical (unpaired) electrons. The molecule has 5 atom stereocenters. The number of rotatable bonds is 2. The maximum absolute atomic E-state index is 13.2. The first-order valence-corrected chi connectivity index (χ1v) is 9.86. The number of Topliss-reactive ketones (excluding diaryl/α,β-unsaturated/α-hetero) is 1. The second-order valence-electron chi connectivity index (χ2n) is 8.26. The normalized spacial score (nSPS) is 38.2. The maximum Gasteiger partial charge on any atom is 0.233 e. The molecule has 25 heavy (non-hydrogen) atoms. The van der Waals surface area contributed by atoms with Crippen molar-refractivity contribution in [2.24, 2.45) is 17.8 Å². The lowest BCUT2D eigenvalue weighted by molar-refractivity contribution is -0.154. The number of fused-ring (bicyclic) bond motifs is 2. The van der Waals surface area contributed by atoms with Crippen LogP contribution in [-0.4, -0.2) is 53.2 Å². The largest absolute Gasteiger partial charge is 0.461 e. The van der Waals surface area contributed by atoms with Crippen molar-refractivity contribution in [2.45, 2.75) is 50.6 Å². The highest BCUT2D eigenvalue weighted by molar-refractivity contribution is 6.09. The van der Waals surface area contributed by atoms with Crippen LogP contribution in [0, 0.1) is 17.8 Å². The number of hydrogen-bond donors (Lipinski definition) is 0. The molecule has 5 heterocycles. The number of furan rings is 1. The Hall–Kier alpha value is -1.62. The van der Waals surface area contributed by atoms with Crippen molar-refractivity contribution in [1.82, 2.24) is 9.80 Å². The van der Waals surface area contributed by atoms with Gasteiger partial charge in [0, 0.05) is 18.6 Å². The lowest BCUT2D eigenvalue weighted by atomic mass is 9.67. The molecule has 4 fully saturated rings. The highest BCUT2D eigenvalue weighted by Gasteiger charge is 2.52. The molecule has 4 saturated heterocycles. The molecule has 1 aromatic heterocycles. The summed E-state index contributed by atoms with van der Waals surface area (Å²) in [7, 11) is 0. The standard InChI is InChI=1S/C20H26N2O3/c23-19(17-6-3-11-25-17)15-7-8-16-14-5-2-10-21-9-1-4-13(18(14)21)12-22(16)20(15)24/h3,6,11,13-16,18H,1-2,4-5,7-10,12H2/t13-,14+,15?,16+,18-/m0/s1. The third kappa shape index (κ3) is 2.39. The Kier molecular flexibility index (Phi) is 3.73. The number of piperidine rings is 4. The van der Waals surface area contributed by atoms with Gasteiger partial charge in [-0.15, -0.1) is 0 Å². The number of carbonyl (C=O) groups excluding carboxylic acids is 2. The first-order valence-electron chi connectivity index (χ1n) is 9.86. The number of carbonyl (C=O) groups is 2. The Balaban J connectivity index is 1.41. The molecule has 4 aliphatic heterocycles. The molecule has 5 nitrogen and oxygen atoms in total. The van der Waals surface area contributed by atoms with Crippen LogP contribution in [0.3, 0.4) is 0 Å². The van der Waals surface area contributed by atoms with Crippen LogP contribution in [0.4, 0.5) is 0 Å². The van der Waals surface area contributed by atoms with Gasteiger partial charge < -0.3 is 9.32 Å². The van der Waals surface area contributed by atoms with Gasteiger partial charge in [-0.3, -0.25) is 14.5 Å². The Morgan fingerprint density at radius 1 is 1.12 bits per heavy atom. The summed E-state index contributed by atoms with van der Waals surface area (Å²) in [5.41, 5.74) is 0. The van der Waals surface area contributed by atoms with Crippen LogP contribution < -0.4 is 0 Å². The van der Waals surface area contributed by atoms with Gasteiger partial charge in [-0.1, -0.05) is 0 Å². The average molecular weight is 342 g/mol. The van der Waals surface area contributed by atoms with Crippen LogP contribution in [-0.2, 0) is 4.79 Å². The van der Waals surface area contributed by atoms with Gasteiger partial charge in [-0.2, -0.15) is 0 Å². The van der Waals surface area contributed by atoms with Gasteiger partial charge in [0.25, 0.3) is 0 Å². The molecule has 0 bridgehead atoms. The minimum Gasteiger partial charge on any atom is -0.461 e. The van der Waals surface area contributed by atoms with Crippen molar-refractivity contribution in [1.29, 1.82) is 0 Å². The van der Waals surface area contributed by atoms with E-state index in [1.54, 1.807) is 12.1 Å². The van der Waals surface area contributed by atoms with Gasteiger partial charge in [-0.05, 0) is 75.6 Å². The number of amides is 1. The third-order valence-electron chi connectivity index (χ3n) is 7.08. The van der Waals surface area contributed by atoms with Crippen LogP contribution in [0.1, 0.15) is 49.1 Å². The average Bonchev–Trinajstić information content (AvgIpc) is 3.17. The molecule has 0 spiro atoms. The molecule has 5 rings (SSSR count). The molecule has 0 aliphatic carbocycles. The van der Waals surface area contributed by atoms with Gasteiger partial charge in [0.1, 0.15) is 5.92 Å². The van der Waals surface area contributed by atoms with Gasteiger partial charge in [0.05, 0.1) is 6.26 Å². The van der Waals surface area contributed by atoms with E-state index in [2.05, 4.69) is 9.80 Å². The Morgan fingerprint density at radius 3 is 2.76 bits per heavy atom. The Morgan fingerprint density at radius 2 is 1.96 bits per heavy atom. The fourth-order valence-electron chi connectivity index (χ4n) is 6.11. The summed E-state index contributed by atoms with van der Waals surface area (Å²) in [6.07, 6.45) is 8.11. The number of ketones is 1. The van der Waals surface area contributed by atoms with Crippen LogP contribution in [0.15, 0.2) is 22.8 Å². The van der Waals surface area contributed by atoms with Crippen LogP contribution >= 0.6 is 0 Å². The minimum absolute atomic E-state index is 0.0544. The summed E-state index contributed by atoms with van der Waals surface area (Å²) < 4.78 is 5.26. The lowest BCUT2D eigenvalue weighted by Crippen LogP contribution is -2.67. The van der Waals surface area contributed by atoms with Crippen molar-refractivity contribution in [3.63, 3.8) is 0 Å². The summed E-state index contributed by atoms with van der Waals surface area (Å²) in [5.74, 6) is 0.909. The third-order valence-corrected chi connectivity index (χ3v) is 7.08. The number of nitrogens with zero attached hydrogens (tertiary/aromatic N) is 2. The monoisotopic (exact) mass is 342 g/mol. The molecule has 0 saturated carbocycles. The van der Waals surface area contributed by atoms with Gasteiger partial charge >= 0.3 is 0 Å². The van der Waals surface area contributed by atoms with Crippen LogP contribution in [0.2, 0.25) is 0 Å². The van der Waals surface area contributed by atoms with E-state index < -0.39 is 5.92 Å². The summed E-state index contributed by atoms with van der Waals surface area (Å²) >= 11 is 0. The Bertz CT molecular complexity index is 668. The molecular formula is C20H26N2O3. The van der Waals surface area contributed by atoms with Gasteiger partial charge in [0.15, 0.2) is 5.76 Å². The summed E-state index contributed by atoms with van der Waals surface area (Å²) in [6.45, 7) is 3.32. The lowest BCUT2D eigenvalue weighted by Gasteiger charge is -2.59. The molecule has 0 N–H and O–H groups in total. The fourth-order valence-corrected chi connectivity index (χ4v) is 6.11. The van der Waals surface area contributed by atoms with E-state index >= 15 is 0 Å². The molecule has 5 heteroatoms. The van der Waals surface area contributed by atoms with Crippen LogP contribution in [0.5, 0.6) is 0 Å². The van der Waals surface area contributed by atoms with Crippen molar-refractivity contribution in [2.75, 3.05) is 19.6 Å². The van der Waals surface area contributed by atoms with E-state index in [1.807, 2.05) is 0 Å². The molecule has 134 valence electrons. The quantitative estimate of drug-likeness (QED) is 0.612. The summed E-state index contributed by atoms with van der Waals surface area (Å²) in [5, 5.41) is 0. The van der Waals surface area contributed by atoms with Crippen molar-refractivity contribution in [3.05, 3.63) is 24.2 Å². The smallest absolute Gasteiger partial charge is 0.233 e.